The molecule has 1 fully saturated rings. The number of halogens is 1. The maximum absolute atomic E-state index is 12.4. The van der Waals surface area contributed by atoms with E-state index in [0.717, 1.165) is 17.0 Å². The average molecular weight is 315 g/mol. The Bertz CT molecular complexity index is 605. The molecule has 1 amide bonds. The van der Waals surface area contributed by atoms with E-state index in [1.165, 1.54) is 6.07 Å². The molecule has 1 aliphatic heterocycles. The number of rotatable bonds is 3. The van der Waals surface area contributed by atoms with Crippen molar-refractivity contribution in [3.8, 4) is 0 Å². The number of morpholine rings is 1. The molecular formula is C12H11ClN2O6. The summed E-state index contributed by atoms with van der Waals surface area (Å²) in [5.74, 6) is -1.98. The molecule has 0 spiro atoms. The second kappa shape index (κ2) is 6.06. The van der Waals surface area contributed by atoms with Crippen LogP contribution < -0.4 is 0 Å². The van der Waals surface area contributed by atoms with Crippen LogP contribution in [0.5, 0.6) is 0 Å². The second-order valence-corrected chi connectivity index (χ2v) is 4.78. The minimum absolute atomic E-state index is 0.0411. The highest BCUT2D eigenvalue weighted by molar-refractivity contribution is 6.31. The first-order valence-corrected chi connectivity index (χ1v) is 6.35. The van der Waals surface area contributed by atoms with Crippen LogP contribution in [-0.2, 0) is 9.53 Å². The molecule has 0 bridgehead atoms. The second-order valence-electron chi connectivity index (χ2n) is 4.35. The van der Waals surface area contributed by atoms with Crippen molar-refractivity contribution in [3.05, 3.63) is 38.9 Å². The molecule has 9 heteroatoms. The molecule has 112 valence electrons. The number of carboxylic acids is 1. The smallest absolute Gasteiger partial charge is 0.328 e. The van der Waals surface area contributed by atoms with Crippen LogP contribution >= 0.6 is 11.6 Å². The molecule has 0 radical (unpaired) electrons. The summed E-state index contributed by atoms with van der Waals surface area (Å²) in [5, 5.41) is 20.2. The van der Waals surface area contributed by atoms with Gasteiger partial charge in [-0.25, -0.2) is 4.79 Å². The lowest BCUT2D eigenvalue weighted by atomic mass is 10.1. The molecule has 1 N–H and O–H groups in total. The Morgan fingerprint density at radius 2 is 2.19 bits per heavy atom. The van der Waals surface area contributed by atoms with Gasteiger partial charge in [0, 0.05) is 17.6 Å². The van der Waals surface area contributed by atoms with E-state index >= 15 is 0 Å². The maximum Gasteiger partial charge on any atom is 0.328 e. The van der Waals surface area contributed by atoms with Crippen molar-refractivity contribution in [2.24, 2.45) is 0 Å². The maximum atomic E-state index is 12.4. The third kappa shape index (κ3) is 3.11. The number of carbonyl (C=O) groups excluding carboxylic acids is 1. The van der Waals surface area contributed by atoms with Crippen molar-refractivity contribution < 1.29 is 24.4 Å². The molecule has 21 heavy (non-hydrogen) atoms. The first kappa shape index (κ1) is 15.2. The number of hydrogen-bond acceptors (Lipinski definition) is 5. The van der Waals surface area contributed by atoms with Gasteiger partial charge in [-0.05, 0) is 12.1 Å². The molecule has 2 rings (SSSR count). The van der Waals surface area contributed by atoms with E-state index in [1.807, 2.05) is 0 Å². The zero-order chi connectivity index (χ0) is 15.6. The van der Waals surface area contributed by atoms with Crippen LogP contribution in [0.4, 0.5) is 5.69 Å². The summed E-state index contributed by atoms with van der Waals surface area (Å²) in [7, 11) is 0. The molecule has 1 heterocycles. The number of amides is 1. The normalized spacial score (nSPS) is 18.3. The van der Waals surface area contributed by atoms with Crippen LogP contribution in [0.1, 0.15) is 10.4 Å². The van der Waals surface area contributed by atoms with Crippen LogP contribution in [0.15, 0.2) is 18.2 Å². The minimum Gasteiger partial charge on any atom is -0.480 e. The molecule has 8 nitrogen and oxygen atoms in total. The SMILES string of the molecule is O=C(O)C1COCCN1C(=O)c1cc(Cl)ccc1[N+](=O)[O-]. The third-order valence-electron chi connectivity index (χ3n) is 3.06. The Kier molecular flexibility index (Phi) is 4.39. The van der Waals surface area contributed by atoms with Crippen LogP contribution in [0, 0.1) is 10.1 Å². The Balaban J connectivity index is 2.40. The standard InChI is InChI=1S/C12H11ClN2O6/c13-7-1-2-9(15(19)20)8(5-7)11(16)14-3-4-21-6-10(14)12(17)18/h1-2,5,10H,3-4,6H2,(H,17,18). The molecule has 1 aromatic carbocycles. The zero-order valence-electron chi connectivity index (χ0n) is 10.7. The highest BCUT2D eigenvalue weighted by Crippen LogP contribution is 2.25. The van der Waals surface area contributed by atoms with Gasteiger partial charge in [-0.2, -0.15) is 0 Å². The molecule has 1 atom stereocenters. The Labute approximate surface area is 124 Å². The highest BCUT2D eigenvalue weighted by atomic mass is 35.5. The van der Waals surface area contributed by atoms with E-state index in [1.54, 1.807) is 0 Å². The fraction of sp³-hybridized carbons (Fsp3) is 0.333. The third-order valence-corrected chi connectivity index (χ3v) is 3.30. The van der Waals surface area contributed by atoms with Gasteiger partial charge < -0.3 is 14.7 Å². The molecule has 1 aliphatic rings. The number of hydrogen-bond donors (Lipinski definition) is 1. The molecule has 1 aromatic rings. The Morgan fingerprint density at radius 3 is 2.81 bits per heavy atom. The van der Waals surface area contributed by atoms with Gasteiger partial charge in [0.25, 0.3) is 11.6 Å². The van der Waals surface area contributed by atoms with Gasteiger partial charge in [-0.3, -0.25) is 14.9 Å². The van der Waals surface area contributed by atoms with E-state index in [4.69, 9.17) is 21.4 Å². The largest absolute Gasteiger partial charge is 0.480 e. The van der Waals surface area contributed by atoms with E-state index in [9.17, 15) is 19.7 Å². The van der Waals surface area contributed by atoms with E-state index in [0.29, 0.717) is 0 Å². The average Bonchev–Trinajstić information content (AvgIpc) is 2.46. The van der Waals surface area contributed by atoms with E-state index < -0.39 is 28.5 Å². The molecule has 1 saturated heterocycles. The number of benzene rings is 1. The zero-order valence-corrected chi connectivity index (χ0v) is 11.4. The number of aliphatic carboxylic acids is 1. The van der Waals surface area contributed by atoms with E-state index in [-0.39, 0.29) is 30.3 Å². The van der Waals surface area contributed by atoms with Crippen molar-refractivity contribution in [1.82, 2.24) is 4.90 Å². The van der Waals surface area contributed by atoms with Gasteiger partial charge in [0.15, 0.2) is 6.04 Å². The summed E-state index contributed by atoms with van der Waals surface area (Å²) in [5.41, 5.74) is -0.652. The summed E-state index contributed by atoms with van der Waals surface area (Å²) >= 11 is 5.77. The van der Waals surface area contributed by atoms with Gasteiger partial charge in [0.1, 0.15) is 5.56 Å². The van der Waals surface area contributed by atoms with Gasteiger partial charge >= 0.3 is 5.97 Å². The van der Waals surface area contributed by atoms with Crippen molar-refractivity contribution in [1.29, 1.82) is 0 Å². The summed E-state index contributed by atoms with van der Waals surface area (Å²) in [6, 6.07) is 2.40. The number of ether oxygens (including phenoxy) is 1. The minimum atomic E-state index is -1.23. The van der Waals surface area contributed by atoms with Crippen LogP contribution in [0.2, 0.25) is 5.02 Å². The monoisotopic (exact) mass is 314 g/mol. The summed E-state index contributed by atoms with van der Waals surface area (Å²) in [6.07, 6.45) is 0. The lowest BCUT2D eigenvalue weighted by Crippen LogP contribution is -2.52. The first-order valence-electron chi connectivity index (χ1n) is 5.97. The van der Waals surface area contributed by atoms with Gasteiger partial charge in [-0.15, -0.1) is 0 Å². The number of carbonyl (C=O) groups is 2. The predicted molar refractivity (Wildman–Crippen MR) is 71.4 cm³/mol. The topological polar surface area (TPSA) is 110 Å². The number of nitrogens with zero attached hydrogens (tertiary/aromatic N) is 2. The van der Waals surface area contributed by atoms with E-state index in [2.05, 4.69) is 0 Å². The van der Waals surface area contributed by atoms with Gasteiger partial charge in [0.05, 0.1) is 18.1 Å². The highest BCUT2D eigenvalue weighted by Gasteiger charge is 2.35. The van der Waals surface area contributed by atoms with Crippen molar-refractivity contribution in [2.75, 3.05) is 19.8 Å². The molecule has 0 aliphatic carbocycles. The number of nitro groups is 1. The Hall–Kier alpha value is -2.19. The van der Waals surface area contributed by atoms with Crippen molar-refractivity contribution in [2.45, 2.75) is 6.04 Å². The summed E-state index contributed by atoms with van der Waals surface area (Å²) in [6.45, 7) is 0.0544. The first-order chi connectivity index (χ1) is 9.91. The summed E-state index contributed by atoms with van der Waals surface area (Å²) in [4.78, 5) is 34.9. The van der Waals surface area contributed by atoms with Gasteiger partial charge in [0.2, 0.25) is 0 Å². The lowest BCUT2D eigenvalue weighted by molar-refractivity contribution is -0.385. The van der Waals surface area contributed by atoms with Crippen LogP contribution in [-0.4, -0.2) is 52.6 Å². The van der Waals surface area contributed by atoms with Crippen molar-refractivity contribution in [3.63, 3.8) is 0 Å². The van der Waals surface area contributed by atoms with Gasteiger partial charge in [-0.1, -0.05) is 11.6 Å². The van der Waals surface area contributed by atoms with Crippen molar-refractivity contribution >= 4 is 29.2 Å². The fourth-order valence-corrected chi connectivity index (χ4v) is 2.22. The number of nitro benzene ring substituents is 1. The van der Waals surface area contributed by atoms with Crippen LogP contribution in [0.3, 0.4) is 0 Å². The quantitative estimate of drug-likeness (QED) is 0.662. The predicted octanol–water partition coefficient (Wildman–Crippen LogP) is 1.17. The molecule has 0 saturated carbocycles. The molecule has 0 aromatic heterocycles. The molecular weight excluding hydrogens is 304 g/mol. The fourth-order valence-electron chi connectivity index (χ4n) is 2.04. The number of carboxylic acid groups (broad SMARTS) is 1. The Morgan fingerprint density at radius 1 is 1.48 bits per heavy atom. The van der Waals surface area contributed by atoms with Crippen LogP contribution in [0.25, 0.3) is 0 Å². The lowest BCUT2D eigenvalue weighted by Gasteiger charge is -2.32. The molecule has 1 unspecified atom stereocenters. The summed E-state index contributed by atoms with van der Waals surface area (Å²) < 4.78 is 5.03.